The van der Waals surface area contributed by atoms with Crippen LogP contribution < -0.4 is 4.74 Å². The van der Waals surface area contributed by atoms with Crippen LogP contribution in [-0.4, -0.2) is 6.61 Å². The molecule has 0 unspecified atom stereocenters. The van der Waals surface area contributed by atoms with Crippen molar-refractivity contribution >= 4 is 0 Å². The lowest BCUT2D eigenvalue weighted by Gasteiger charge is -2.16. The van der Waals surface area contributed by atoms with Gasteiger partial charge < -0.3 is 4.74 Å². The zero-order valence-electron chi connectivity index (χ0n) is 11.9. The van der Waals surface area contributed by atoms with Crippen molar-refractivity contribution in [1.29, 1.82) is 0 Å². The summed E-state index contributed by atoms with van der Waals surface area (Å²) in [6, 6.07) is 10.1. The predicted octanol–water partition coefficient (Wildman–Crippen LogP) is 5.31. The third kappa shape index (κ3) is 7.84. The van der Waals surface area contributed by atoms with E-state index in [4.69, 9.17) is 4.74 Å². The molecule has 0 fully saturated rings. The van der Waals surface area contributed by atoms with E-state index < -0.39 is 0 Å². The number of ether oxygens (including phenoxy) is 1. The van der Waals surface area contributed by atoms with Crippen molar-refractivity contribution in [2.45, 2.75) is 53.4 Å². The summed E-state index contributed by atoms with van der Waals surface area (Å²) < 4.78 is 5.77. The van der Waals surface area contributed by atoms with E-state index in [1.54, 1.807) is 0 Å². The summed E-state index contributed by atoms with van der Waals surface area (Å²) in [5.74, 6) is 1.72. The molecule has 0 saturated heterocycles. The Morgan fingerprint density at radius 3 is 1.94 bits per heavy atom. The SMILES string of the molecule is CC.CCCC(CCC)COc1ccccc1. The second-order valence-electron chi connectivity index (χ2n) is 4.07. The second kappa shape index (κ2) is 11.5. The first-order chi connectivity index (χ1) is 8.36. The summed E-state index contributed by atoms with van der Waals surface area (Å²) in [6.07, 6.45) is 5.06. The quantitative estimate of drug-likeness (QED) is 0.623. The van der Waals surface area contributed by atoms with Gasteiger partial charge in [0.15, 0.2) is 0 Å². The predicted molar refractivity (Wildman–Crippen MR) is 76.6 cm³/mol. The number of para-hydroxylation sites is 1. The summed E-state index contributed by atoms with van der Waals surface area (Å²) in [6.45, 7) is 9.35. The molecular weight excluding hydrogens is 208 g/mol. The molecule has 0 radical (unpaired) electrons. The standard InChI is InChI=1S/C14H22O.C2H6/c1-3-8-13(9-4-2)12-15-14-10-6-5-7-11-14;1-2/h5-7,10-11,13H,3-4,8-9,12H2,1-2H3;1-2H3. The van der Waals surface area contributed by atoms with Crippen molar-refractivity contribution in [3.8, 4) is 5.75 Å². The molecule has 0 aliphatic carbocycles. The first kappa shape index (κ1) is 16.0. The fraction of sp³-hybridized carbons (Fsp3) is 0.625. The summed E-state index contributed by atoms with van der Waals surface area (Å²) >= 11 is 0. The number of benzene rings is 1. The van der Waals surface area contributed by atoms with Gasteiger partial charge in [0.05, 0.1) is 6.61 Å². The van der Waals surface area contributed by atoms with Gasteiger partial charge in [0.2, 0.25) is 0 Å². The second-order valence-corrected chi connectivity index (χ2v) is 4.07. The van der Waals surface area contributed by atoms with E-state index in [1.807, 2.05) is 44.2 Å². The minimum atomic E-state index is 0.722. The Bertz CT molecular complexity index is 237. The maximum absolute atomic E-state index is 5.77. The van der Waals surface area contributed by atoms with Gasteiger partial charge in [-0.15, -0.1) is 0 Å². The third-order valence-corrected chi connectivity index (χ3v) is 2.62. The lowest BCUT2D eigenvalue weighted by Crippen LogP contribution is -2.11. The van der Waals surface area contributed by atoms with Crippen LogP contribution in [0.5, 0.6) is 5.75 Å². The average molecular weight is 236 g/mol. The zero-order chi connectivity index (χ0) is 12.9. The Balaban J connectivity index is 0.00000121. The highest BCUT2D eigenvalue weighted by Crippen LogP contribution is 2.16. The smallest absolute Gasteiger partial charge is 0.119 e. The van der Waals surface area contributed by atoms with Gasteiger partial charge in [-0.1, -0.05) is 58.7 Å². The van der Waals surface area contributed by atoms with Crippen LogP contribution in [0.2, 0.25) is 0 Å². The van der Waals surface area contributed by atoms with Crippen LogP contribution in [-0.2, 0) is 0 Å². The van der Waals surface area contributed by atoms with Crippen LogP contribution in [0.4, 0.5) is 0 Å². The molecule has 0 heterocycles. The van der Waals surface area contributed by atoms with E-state index in [0.717, 1.165) is 18.3 Å². The van der Waals surface area contributed by atoms with E-state index in [1.165, 1.54) is 25.7 Å². The molecular formula is C16H28O. The van der Waals surface area contributed by atoms with Gasteiger partial charge in [-0.2, -0.15) is 0 Å². The Labute approximate surface area is 107 Å². The normalized spacial score (nSPS) is 9.71. The minimum Gasteiger partial charge on any atom is -0.493 e. The van der Waals surface area contributed by atoms with Crippen LogP contribution in [0.1, 0.15) is 53.4 Å². The molecule has 0 aliphatic heterocycles. The Morgan fingerprint density at radius 1 is 0.941 bits per heavy atom. The van der Waals surface area contributed by atoms with E-state index >= 15 is 0 Å². The number of hydrogen-bond donors (Lipinski definition) is 0. The molecule has 0 N–H and O–H groups in total. The third-order valence-electron chi connectivity index (χ3n) is 2.62. The largest absolute Gasteiger partial charge is 0.493 e. The van der Waals surface area contributed by atoms with Crippen molar-refractivity contribution in [1.82, 2.24) is 0 Å². The summed E-state index contributed by atoms with van der Waals surface area (Å²) in [7, 11) is 0. The molecule has 17 heavy (non-hydrogen) atoms. The van der Waals surface area contributed by atoms with E-state index in [-0.39, 0.29) is 0 Å². The van der Waals surface area contributed by atoms with Crippen LogP contribution in [0.15, 0.2) is 30.3 Å². The highest BCUT2D eigenvalue weighted by molar-refractivity contribution is 5.20. The maximum Gasteiger partial charge on any atom is 0.119 e. The summed E-state index contributed by atoms with van der Waals surface area (Å²) in [5, 5.41) is 0. The highest BCUT2D eigenvalue weighted by Gasteiger charge is 2.07. The van der Waals surface area contributed by atoms with Gasteiger partial charge in [0, 0.05) is 0 Å². The Kier molecular flexibility index (Phi) is 10.8. The molecule has 1 nitrogen and oxygen atoms in total. The van der Waals surface area contributed by atoms with Gasteiger partial charge in [0.25, 0.3) is 0 Å². The molecule has 0 amide bonds. The van der Waals surface area contributed by atoms with Crippen molar-refractivity contribution in [3.05, 3.63) is 30.3 Å². The summed E-state index contributed by atoms with van der Waals surface area (Å²) in [4.78, 5) is 0. The van der Waals surface area contributed by atoms with E-state index in [2.05, 4.69) is 13.8 Å². The molecule has 0 saturated carbocycles. The van der Waals surface area contributed by atoms with Gasteiger partial charge in [0.1, 0.15) is 5.75 Å². The molecule has 0 spiro atoms. The highest BCUT2D eigenvalue weighted by atomic mass is 16.5. The topological polar surface area (TPSA) is 9.23 Å². The minimum absolute atomic E-state index is 0.722. The number of rotatable bonds is 7. The van der Waals surface area contributed by atoms with Crippen molar-refractivity contribution in [2.75, 3.05) is 6.61 Å². The van der Waals surface area contributed by atoms with Gasteiger partial charge in [-0.05, 0) is 30.9 Å². The van der Waals surface area contributed by atoms with Crippen molar-refractivity contribution in [3.63, 3.8) is 0 Å². The fourth-order valence-electron chi connectivity index (χ4n) is 1.86. The maximum atomic E-state index is 5.77. The van der Waals surface area contributed by atoms with Gasteiger partial charge >= 0.3 is 0 Å². The lowest BCUT2D eigenvalue weighted by molar-refractivity contribution is 0.229. The molecule has 1 aromatic carbocycles. The fourth-order valence-corrected chi connectivity index (χ4v) is 1.86. The van der Waals surface area contributed by atoms with Crippen LogP contribution >= 0.6 is 0 Å². The first-order valence-electron chi connectivity index (χ1n) is 7.04. The molecule has 0 bridgehead atoms. The molecule has 1 heteroatoms. The van der Waals surface area contributed by atoms with Crippen LogP contribution in [0, 0.1) is 5.92 Å². The Hall–Kier alpha value is -0.980. The molecule has 0 aliphatic rings. The molecule has 0 aromatic heterocycles. The van der Waals surface area contributed by atoms with Crippen LogP contribution in [0.25, 0.3) is 0 Å². The van der Waals surface area contributed by atoms with E-state index in [9.17, 15) is 0 Å². The summed E-state index contributed by atoms with van der Waals surface area (Å²) in [5.41, 5.74) is 0. The lowest BCUT2D eigenvalue weighted by atomic mass is 9.99. The monoisotopic (exact) mass is 236 g/mol. The molecule has 98 valence electrons. The molecule has 1 aromatic rings. The molecule has 1 rings (SSSR count). The average Bonchev–Trinajstić information content (AvgIpc) is 2.40. The van der Waals surface area contributed by atoms with Crippen LogP contribution in [0.3, 0.4) is 0 Å². The van der Waals surface area contributed by atoms with Crippen molar-refractivity contribution in [2.24, 2.45) is 5.92 Å². The molecule has 0 atom stereocenters. The first-order valence-corrected chi connectivity index (χ1v) is 7.04. The van der Waals surface area contributed by atoms with Crippen molar-refractivity contribution < 1.29 is 4.74 Å². The Morgan fingerprint density at radius 2 is 1.47 bits per heavy atom. The van der Waals surface area contributed by atoms with Gasteiger partial charge in [-0.3, -0.25) is 0 Å². The van der Waals surface area contributed by atoms with E-state index in [0.29, 0.717) is 0 Å². The number of hydrogen-bond acceptors (Lipinski definition) is 1. The van der Waals surface area contributed by atoms with Gasteiger partial charge in [-0.25, -0.2) is 0 Å². The zero-order valence-corrected chi connectivity index (χ0v) is 11.9.